The topological polar surface area (TPSA) is 35.5 Å². The number of benzene rings is 1. The first-order chi connectivity index (χ1) is 8.25. The largest absolute Gasteiger partial charge is 0.489 e. The molecule has 0 fully saturated rings. The summed E-state index contributed by atoms with van der Waals surface area (Å²) in [6.45, 7) is 1.72. The van der Waals surface area contributed by atoms with Crippen LogP contribution in [-0.4, -0.2) is 5.97 Å². The molecule has 0 aromatic heterocycles. The Labute approximate surface area is 100 Å². The predicted molar refractivity (Wildman–Crippen MR) is 64.0 cm³/mol. The van der Waals surface area contributed by atoms with Crippen LogP contribution < -0.4 is 0 Å². The van der Waals surface area contributed by atoms with Crippen molar-refractivity contribution in [3.05, 3.63) is 59.9 Å². The van der Waals surface area contributed by atoms with Crippen LogP contribution in [0.1, 0.15) is 24.2 Å². The van der Waals surface area contributed by atoms with Gasteiger partial charge >= 0.3 is 5.97 Å². The molecule has 0 amide bonds. The van der Waals surface area contributed by atoms with Gasteiger partial charge in [-0.25, -0.2) is 0 Å². The molecule has 0 N–H and O–H groups in total. The van der Waals surface area contributed by atoms with E-state index < -0.39 is 0 Å². The average molecular weight is 230 g/mol. The first kappa shape index (κ1) is 11.5. The van der Waals surface area contributed by atoms with Gasteiger partial charge in [-0.15, -0.1) is 0 Å². The van der Waals surface area contributed by atoms with Crippen LogP contribution in [0.25, 0.3) is 0 Å². The van der Waals surface area contributed by atoms with Crippen molar-refractivity contribution < 1.29 is 14.3 Å². The van der Waals surface area contributed by atoms with Crippen molar-refractivity contribution in [2.75, 3.05) is 0 Å². The fourth-order valence-electron chi connectivity index (χ4n) is 1.56. The highest BCUT2D eigenvalue weighted by molar-refractivity contribution is 5.65. The van der Waals surface area contributed by atoms with E-state index in [0.29, 0.717) is 6.61 Å². The maximum Gasteiger partial charge on any atom is 0.302 e. The minimum atomic E-state index is -0.266. The van der Waals surface area contributed by atoms with Gasteiger partial charge in [0.05, 0.1) is 6.26 Å². The first-order valence-electron chi connectivity index (χ1n) is 5.47. The summed E-state index contributed by atoms with van der Waals surface area (Å²) in [5.41, 5.74) is 2.05. The molecule has 0 radical (unpaired) electrons. The van der Waals surface area contributed by atoms with Gasteiger partial charge < -0.3 is 9.47 Å². The van der Waals surface area contributed by atoms with E-state index in [4.69, 9.17) is 9.47 Å². The highest BCUT2D eigenvalue weighted by Crippen LogP contribution is 2.22. The number of hydrogen-bond acceptors (Lipinski definition) is 3. The Morgan fingerprint density at radius 1 is 1.29 bits per heavy atom. The number of hydrogen-bond donors (Lipinski definition) is 0. The lowest BCUT2D eigenvalue weighted by atomic mass is 10.1. The number of rotatable bonds is 3. The maximum atomic E-state index is 10.7. The molecule has 3 nitrogen and oxygen atoms in total. The molecule has 0 bridgehead atoms. The van der Waals surface area contributed by atoms with E-state index in [9.17, 15) is 4.79 Å². The molecule has 1 aliphatic rings. The van der Waals surface area contributed by atoms with Gasteiger partial charge in [0.15, 0.2) is 0 Å². The Bertz CT molecular complexity index is 443. The summed E-state index contributed by atoms with van der Waals surface area (Å²) in [6.07, 6.45) is 7.45. The summed E-state index contributed by atoms with van der Waals surface area (Å²) in [6, 6.07) is 7.83. The van der Waals surface area contributed by atoms with Crippen molar-refractivity contribution in [2.24, 2.45) is 0 Å². The molecule has 1 atom stereocenters. The number of allylic oxidation sites excluding steroid dienone is 2. The van der Waals surface area contributed by atoms with Gasteiger partial charge in [0.1, 0.15) is 12.7 Å². The molecule has 0 spiro atoms. The normalized spacial score (nSPS) is 17.6. The predicted octanol–water partition coefficient (Wildman–Crippen LogP) is 2.89. The van der Waals surface area contributed by atoms with Gasteiger partial charge in [0.2, 0.25) is 0 Å². The van der Waals surface area contributed by atoms with Crippen molar-refractivity contribution in [2.45, 2.75) is 19.6 Å². The molecule has 1 aromatic rings. The third-order valence-corrected chi connectivity index (χ3v) is 2.45. The van der Waals surface area contributed by atoms with Gasteiger partial charge in [-0.1, -0.05) is 30.3 Å². The minimum Gasteiger partial charge on any atom is -0.489 e. The van der Waals surface area contributed by atoms with Gasteiger partial charge in [-0.05, 0) is 23.3 Å². The summed E-state index contributed by atoms with van der Waals surface area (Å²) in [5.74, 6) is -0.266. The van der Waals surface area contributed by atoms with E-state index in [1.165, 1.54) is 6.92 Å². The number of carbonyl (C=O) groups is 1. The fraction of sp³-hybridized carbons (Fsp3) is 0.214. The number of carbonyl (C=O) groups excluding carboxylic acids is 1. The van der Waals surface area contributed by atoms with Gasteiger partial charge in [-0.3, -0.25) is 4.79 Å². The zero-order chi connectivity index (χ0) is 12.1. The van der Waals surface area contributed by atoms with E-state index in [2.05, 4.69) is 0 Å². The van der Waals surface area contributed by atoms with Crippen molar-refractivity contribution in [1.29, 1.82) is 0 Å². The Hall–Kier alpha value is -2.03. The molecular formula is C14H14O3. The lowest BCUT2D eigenvalue weighted by Gasteiger charge is -2.15. The van der Waals surface area contributed by atoms with E-state index in [-0.39, 0.29) is 12.1 Å². The van der Waals surface area contributed by atoms with Crippen LogP contribution in [0, 0.1) is 0 Å². The third kappa shape index (κ3) is 3.21. The van der Waals surface area contributed by atoms with Crippen molar-refractivity contribution in [1.82, 2.24) is 0 Å². The molecule has 1 unspecified atom stereocenters. The Morgan fingerprint density at radius 3 is 2.65 bits per heavy atom. The molecule has 0 aliphatic carbocycles. The quantitative estimate of drug-likeness (QED) is 0.749. The molecule has 3 heteroatoms. The van der Waals surface area contributed by atoms with Crippen LogP contribution in [0.15, 0.2) is 48.8 Å². The molecule has 17 heavy (non-hydrogen) atoms. The monoisotopic (exact) mass is 230 g/mol. The summed E-state index contributed by atoms with van der Waals surface area (Å²) < 4.78 is 10.4. The summed E-state index contributed by atoms with van der Waals surface area (Å²) >= 11 is 0. The zero-order valence-electron chi connectivity index (χ0n) is 9.63. The van der Waals surface area contributed by atoms with Crippen molar-refractivity contribution in [3.63, 3.8) is 0 Å². The van der Waals surface area contributed by atoms with E-state index in [0.717, 1.165) is 11.1 Å². The zero-order valence-corrected chi connectivity index (χ0v) is 9.63. The second kappa shape index (κ2) is 5.34. The Morgan fingerprint density at radius 2 is 2.06 bits per heavy atom. The second-order valence-electron chi connectivity index (χ2n) is 3.79. The first-order valence-corrected chi connectivity index (χ1v) is 5.47. The van der Waals surface area contributed by atoms with E-state index in [1.54, 1.807) is 6.26 Å². The second-order valence-corrected chi connectivity index (χ2v) is 3.79. The van der Waals surface area contributed by atoms with Gasteiger partial charge in [0.25, 0.3) is 0 Å². The Kier molecular flexibility index (Phi) is 3.60. The fourth-order valence-corrected chi connectivity index (χ4v) is 1.56. The van der Waals surface area contributed by atoms with Crippen molar-refractivity contribution in [3.8, 4) is 0 Å². The molecular weight excluding hydrogens is 216 g/mol. The highest BCUT2D eigenvalue weighted by atomic mass is 16.5. The SMILES string of the molecule is CC(=O)OCc1ccc(C2C=CC=CO2)cc1. The molecule has 88 valence electrons. The van der Waals surface area contributed by atoms with Gasteiger partial charge in [0, 0.05) is 6.92 Å². The van der Waals surface area contributed by atoms with Crippen LogP contribution in [0.5, 0.6) is 0 Å². The lowest BCUT2D eigenvalue weighted by molar-refractivity contribution is -0.142. The summed E-state index contributed by atoms with van der Waals surface area (Å²) in [5, 5.41) is 0. The smallest absolute Gasteiger partial charge is 0.302 e. The third-order valence-electron chi connectivity index (χ3n) is 2.45. The van der Waals surface area contributed by atoms with E-state index in [1.807, 2.05) is 42.5 Å². The van der Waals surface area contributed by atoms with Crippen molar-refractivity contribution >= 4 is 5.97 Å². The highest BCUT2D eigenvalue weighted by Gasteiger charge is 2.09. The maximum absolute atomic E-state index is 10.7. The molecule has 1 aromatic carbocycles. The standard InChI is InChI=1S/C14H14O3/c1-11(15)17-10-12-5-7-13(8-6-12)14-4-2-3-9-16-14/h2-9,14H,10H2,1H3. The molecule has 2 rings (SSSR count). The van der Waals surface area contributed by atoms with Crippen LogP contribution in [0.4, 0.5) is 0 Å². The van der Waals surface area contributed by atoms with E-state index >= 15 is 0 Å². The lowest BCUT2D eigenvalue weighted by Crippen LogP contribution is -2.01. The van der Waals surface area contributed by atoms with Crippen LogP contribution >= 0.6 is 0 Å². The van der Waals surface area contributed by atoms with Crippen LogP contribution in [0.2, 0.25) is 0 Å². The molecule has 0 saturated heterocycles. The Balaban J connectivity index is 2.00. The number of ether oxygens (including phenoxy) is 2. The summed E-state index contributed by atoms with van der Waals surface area (Å²) in [4.78, 5) is 10.7. The molecule has 1 heterocycles. The minimum absolute atomic E-state index is 0.0252. The molecule has 0 saturated carbocycles. The van der Waals surface area contributed by atoms with Gasteiger partial charge in [-0.2, -0.15) is 0 Å². The average Bonchev–Trinajstić information content (AvgIpc) is 2.38. The van der Waals surface area contributed by atoms with Crippen LogP contribution in [0.3, 0.4) is 0 Å². The van der Waals surface area contributed by atoms with Crippen LogP contribution in [-0.2, 0) is 20.9 Å². The number of esters is 1. The molecule has 1 aliphatic heterocycles. The summed E-state index contributed by atoms with van der Waals surface area (Å²) in [7, 11) is 0.